The Kier molecular flexibility index (Phi) is 4.97. The zero-order valence-electron chi connectivity index (χ0n) is 14.7. The van der Waals surface area contributed by atoms with Crippen LogP contribution in [0.5, 0.6) is 0 Å². The van der Waals surface area contributed by atoms with Gasteiger partial charge in [-0.3, -0.25) is 15.0 Å². The molecule has 2 amide bonds. The lowest BCUT2D eigenvalue weighted by Gasteiger charge is -2.16. The number of aryl methyl sites for hydroxylation is 1. The number of hydrazine groups is 1. The number of carbonyl (C=O) groups excluding carboxylic acids is 2. The van der Waals surface area contributed by atoms with Crippen molar-refractivity contribution in [3.8, 4) is 0 Å². The highest BCUT2D eigenvalue weighted by Crippen LogP contribution is 2.32. The average Bonchev–Trinajstić information content (AvgIpc) is 3.14. The van der Waals surface area contributed by atoms with Gasteiger partial charge in [0.25, 0.3) is 11.8 Å². The summed E-state index contributed by atoms with van der Waals surface area (Å²) in [5, 5.41) is 2.47. The van der Waals surface area contributed by atoms with E-state index in [1.165, 1.54) is 0 Å². The van der Waals surface area contributed by atoms with Gasteiger partial charge in [0.05, 0.1) is 15.5 Å². The van der Waals surface area contributed by atoms with E-state index in [2.05, 4.69) is 5.43 Å². The molecule has 1 fully saturated rings. The fraction of sp³-hybridized carbons (Fsp3) is 0.0500. The topological polar surface area (TPSA) is 54.3 Å². The van der Waals surface area contributed by atoms with Crippen molar-refractivity contribution in [2.24, 2.45) is 7.05 Å². The van der Waals surface area contributed by atoms with Crippen molar-refractivity contribution in [2.45, 2.75) is 0 Å². The molecule has 1 aliphatic rings. The summed E-state index contributed by atoms with van der Waals surface area (Å²) in [6.45, 7) is 0. The Morgan fingerprint density at radius 3 is 2.64 bits per heavy atom. The van der Waals surface area contributed by atoms with Gasteiger partial charge in [0.1, 0.15) is 0 Å². The molecule has 0 aliphatic carbocycles. The molecule has 28 heavy (non-hydrogen) atoms. The summed E-state index contributed by atoms with van der Waals surface area (Å²) in [5.74, 6) is -0.867. The van der Waals surface area contributed by atoms with Gasteiger partial charge in [-0.15, -0.1) is 0 Å². The first kappa shape index (κ1) is 18.7. The maximum atomic E-state index is 12.8. The molecule has 1 aromatic heterocycles. The summed E-state index contributed by atoms with van der Waals surface area (Å²) >= 11 is 12.5. The van der Waals surface area contributed by atoms with Crippen LogP contribution in [0.3, 0.4) is 0 Å². The van der Waals surface area contributed by atoms with Crippen LogP contribution in [0.1, 0.15) is 16.1 Å². The van der Waals surface area contributed by atoms with Gasteiger partial charge in [-0.2, -0.15) is 5.01 Å². The first-order chi connectivity index (χ1) is 13.5. The molecule has 140 valence electrons. The van der Waals surface area contributed by atoms with Gasteiger partial charge in [-0.1, -0.05) is 53.7 Å². The molecule has 2 aromatic carbocycles. The third kappa shape index (κ3) is 3.32. The van der Waals surface area contributed by atoms with E-state index in [1.54, 1.807) is 30.3 Å². The second-order valence-corrected chi connectivity index (χ2v) is 8.21. The van der Waals surface area contributed by atoms with Crippen LogP contribution in [0.4, 0.5) is 0 Å². The minimum absolute atomic E-state index is 0.260. The molecular weight excluding hydrogens is 414 g/mol. The van der Waals surface area contributed by atoms with Gasteiger partial charge in [-0.05, 0) is 42.6 Å². The third-order valence-electron chi connectivity index (χ3n) is 4.39. The van der Waals surface area contributed by atoms with E-state index >= 15 is 0 Å². The van der Waals surface area contributed by atoms with Gasteiger partial charge in [0.2, 0.25) is 0 Å². The number of hydrogen-bond donors (Lipinski definition) is 1. The second-order valence-electron chi connectivity index (χ2n) is 6.12. The minimum atomic E-state index is -0.493. The molecule has 3 aromatic rings. The zero-order chi connectivity index (χ0) is 19.8. The van der Waals surface area contributed by atoms with Crippen LogP contribution >= 0.6 is 35.6 Å². The Balaban J connectivity index is 1.60. The van der Waals surface area contributed by atoms with E-state index in [0.29, 0.717) is 9.93 Å². The number of fused-ring (bicyclic) bond motifs is 1. The van der Waals surface area contributed by atoms with Crippen LogP contribution in [-0.4, -0.2) is 25.7 Å². The normalized spacial score (nSPS) is 15.6. The number of thioether (sulfide) groups is 1. The molecule has 2 heterocycles. The Morgan fingerprint density at radius 1 is 1.18 bits per heavy atom. The summed E-state index contributed by atoms with van der Waals surface area (Å²) in [5.41, 5.74) is 4.76. The van der Waals surface area contributed by atoms with Crippen LogP contribution in [-0.2, 0) is 11.8 Å². The number of nitrogens with zero attached hydrogens (tertiary/aromatic N) is 2. The summed E-state index contributed by atoms with van der Waals surface area (Å²) in [4.78, 5) is 25.7. The summed E-state index contributed by atoms with van der Waals surface area (Å²) in [7, 11) is 1.94. The molecule has 5 nitrogen and oxygen atoms in total. The molecule has 0 saturated carbocycles. The van der Waals surface area contributed by atoms with Gasteiger partial charge in [0.15, 0.2) is 4.32 Å². The zero-order valence-corrected chi connectivity index (χ0v) is 17.1. The highest BCUT2D eigenvalue weighted by Gasteiger charge is 2.34. The number of para-hydroxylation sites is 1. The number of nitrogens with one attached hydrogen (secondary N) is 1. The maximum absolute atomic E-state index is 12.8. The number of rotatable bonds is 3. The van der Waals surface area contributed by atoms with Gasteiger partial charge in [0, 0.05) is 23.6 Å². The van der Waals surface area contributed by atoms with Crippen LogP contribution in [0, 0.1) is 0 Å². The van der Waals surface area contributed by atoms with Crippen molar-refractivity contribution in [1.82, 2.24) is 15.0 Å². The molecule has 0 atom stereocenters. The Bertz CT molecular complexity index is 1170. The number of amides is 2. The lowest BCUT2D eigenvalue weighted by Crippen LogP contribution is -2.44. The molecule has 1 aliphatic heterocycles. The number of carbonyl (C=O) groups is 2. The van der Waals surface area contributed by atoms with E-state index < -0.39 is 5.91 Å². The monoisotopic (exact) mass is 427 g/mol. The number of hydrogen-bond acceptors (Lipinski definition) is 4. The van der Waals surface area contributed by atoms with E-state index in [-0.39, 0.29) is 15.8 Å². The molecule has 8 heteroatoms. The minimum Gasteiger partial charge on any atom is -0.344 e. The van der Waals surface area contributed by atoms with Crippen LogP contribution < -0.4 is 5.43 Å². The Hall–Kier alpha value is -2.61. The summed E-state index contributed by atoms with van der Waals surface area (Å²) < 4.78 is 2.26. The first-order valence-corrected chi connectivity index (χ1v) is 9.94. The molecule has 0 unspecified atom stereocenters. The van der Waals surface area contributed by atoms with Crippen LogP contribution in [0.2, 0.25) is 5.02 Å². The van der Waals surface area contributed by atoms with Crippen molar-refractivity contribution >= 4 is 68.7 Å². The Labute approximate surface area is 175 Å². The van der Waals surface area contributed by atoms with Crippen molar-refractivity contribution in [2.75, 3.05) is 0 Å². The summed E-state index contributed by atoms with van der Waals surface area (Å²) in [6.07, 6.45) is 1.78. The smallest absolute Gasteiger partial charge is 0.285 e. The van der Waals surface area contributed by atoms with E-state index in [9.17, 15) is 9.59 Å². The highest BCUT2D eigenvalue weighted by molar-refractivity contribution is 8.26. The van der Waals surface area contributed by atoms with E-state index in [4.69, 9.17) is 23.8 Å². The lowest BCUT2D eigenvalue weighted by atomic mass is 10.2. The van der Waals surface area contributed by atoms with Crippen LogP contribution in [0.25, 0.3) is 17.0 Å². The summed E-state index contributed by atoms with van der Waals surface area (Å²) in [6, 6.07) is 16.6. The van der Waals surface area contributed by atoms with E-state index in [0.717, 1.165) is 33.4 Å². The van der Waals surface area contributed by atoms with E-state index in [1.807, 2.05) is 41.9 Å². The number of thiocarbonyl (C=S) groups is 1. The number of halogens is 1. The predicted octanol–water partition coefficient (Wildman–Crippen LogP) is 4.38. The van der Waals surface area contributed by atoms with Crippen molar-refractivity contribution < 1.29 is 9.59 Å². The lowest BCUT2D eigenvalue weighted by molar-refractivity contribution is -0.123. The van der Waals surface area contributed by atoms with Gasteiger partial charge < -0.3 is 4.57 Å². The van der Waals surface area contributed by atoms with Crippen molar-refractivity contribution in [1.29, 1.82) is 0 Å². The third-order valence-corrected chi connectivity index (χ3v) is 6.03. The maximum Gasteiger partial charge on any atom is 0.285 e. The number of aromatic nitrogens is 1. The first-order valence-electron chi connectivity index (χ1n) is 8.33. The van der Waals surface area contributed by atoms with Crippen molar-refractivity contribution in [3.63, 3.8) is 0 Å². The Morgan fingerprint density at radius 2 is 1.89 bits per heavy atom. The fourth-order valence-corrected chi connectivity index (χ4v) is 4.34. The molecule has 0 spiro atoms. The SMILES string of the molecule is Cn1c(/C=C2/SC(=S)N(NC(=O)c3ccccc3Cl)C2=O)cc2ccccc21. The molecule has 1 N–H and O–H groups in total. The fourth-order valence-electron chi connectivity index (χ4n) is 2.95. The highest BCUT2D eigenvalue weighted by atomic mass is 35.5. The molecular formula is C20H14ClN3O2S2. The molecule has 0 bridgehead atoms. The molecule has 4 rings (SSSR count). The standard InChI is InChI=1S/C20H14ClN3O2S2/c1-23-13(10-12-6-2-5-9-16(12)23)11-17-19(26)24(20(27)28-17)22-18(25)14-7-3-4-8-15(14)21/h2-11H,1H3,(H,22,25)/b17-11+. The molecule has 1 saturated heterocycles. The van der Waals surface area contributed by atoms with Crippen LogP contribution in [0.15, 0.2) is 59.5 Å². The van der Waals surface area contributed by atoms with Gasteiger partial charge >= 0.3 is 0 Å². The number of benzene rings is 2. The average molecular weight is 428 g/mol. The molecule has 0 radical (unpaired) electrons. The van der Waals surface area contributed by atoms with Gasteiger partial charge in [-0.25, -0.2) is 0 Å². The second kappa shape index (κ2) is 7.43. The quantitative estimate of drug-likeness (QED) is 0.498. The largest absolute Gasteiger partial charge is 0.344 e. The predicted molar refractivity (Wildman–Crippen MR) is 117 cm³/mol. The van der Waals surface area contributed by atoms with Crippen molar-refractivity contribution in [3.05, 3.63) is 75.8 Å².